The van der Waals surface area contributed by atoms with Crippen LogP contribution in [0.5, 0.6) is 0 Å². The lowest BCUT2D eigenvalue weighted by molar-refractivity contribution is -0.119. The van der Waals surface area contributed by atoms with E-state index < -0.39 is 0 Å². The fraction of sp³-hybridized carbons (Fsp3) is 0.450. The number of carbonyl (C=O) groups excluding carboxylic acids is 1. The molecular formula is C20H24N6OS. The molecule has 2 aliphatic heterocycles. The Morgan fingerprint density at radius 3 is 2.71 bits per heavy atom. The molecule has 1 N–H and O–H groups in total. The molecule has 1 atom stereocenters. The van der Waals surface area contributed by atoms with E-state index in [9.17, 15) is 4.79 Å². The van der Waals surface area contributed by atoms with Gasteiger partial charge >= 0.3 is 0 Å². The first kappa shape index (κ1) is 18.7. The Kier molecular flexibility index (Phi) is 5.74. The number of amides is 1. The summed E-state index contributed by atoms with van der Waals surface area (Å²) in [4.78, 5) is 23.2. The van der Waals surface area contributed by atoms with Gasteiger partial charge in [-0.05, 0) is 12.0 Å². The summed E-state index contributed by atoms with van der Waals surface area (Å²) < 4.78 is 0. The highest BCUT2D eigenvalue weighted by atomic mass is 32.1. The summed E-state index contributed by atoms with van der Waals surface area (Å²) in [6.45, 7) is 6.10. The molecule has 7 nitrogen and oxygen atoms in total. The number of hydrogen-bond acceptors (Lipinski definition) is 7. The molecule has 0 saturated carbocycles. The van der Waals surface area contributed by atoms with Crippen LogP contribution in [0.2, 0.25) is 0 Å². The molecule has 8 heteroatoms. The average molecular weight is 397 g/mol. The third kappa shape index (κ3) is 4.43. The van der Waals surface area contributed by atoms with E-state index in [0.717, 1.165) is 44.1 Å². The zero-order chi connectivity index (χ0) is 19.3. The number of anilines is 2. The second-order valence-electron chi connectivity index (χ2n) is 7.27. The number of nitriles is 1. The maximum atomic E-state index is 12.4. The van der Waals surface area contributed by atoms with E-state index in [1.165, 1.54) is 16.9 Å². The number of rotatable bonds is 5. The highest BCUT2D eigenvalue weighted by molar-refractivity contribution is 7.19. The zero-order valence-electron chi connectivity index (χ0n) is 15.8. The fourth-order valence-corrected chi connectivity index (χ4v) is 4.58. The van der Waals surface area contributed by atoms with Gasteiger partial charge in [0, 0.05) is 45.8 Å². The van der Waals surface area contributed by atoms with Crippen molar-refractivity contribution in [3.8, 4) is 6.19 Å². The van der Waals surface area contributed by atoms with Gasteiger partial charge in [0.25, 0.3) is 0 Å². The van der Waals surface area contributed by atoms with E-state index in [1.807, 2.05) is 12.3 Å². The van der Waals surface area contributed by atoms with Gasteiger partial charge in [-0.2, -0.15) is 5.26 Å². The molecular weight excluding hydrogens is 372 g/mol. The summed E-state index contributed by atoms with van der Waals surface area (Å²) in [5.41, 5.74) is 1.35. The van der Waals surface area contributed by atoms with Crippen molar-refractivity contribution in [2.45, 2.75) is 13.0 Å². The number of nitrogens with zero attached hydrogens (tertiary/aromatic N) is 5. The number of likely N-dealkylation sites (tertiary alicyclic amines) is 1. The molecule has 2 aliphatic rings. The second kappa shape index (κ2) is 8.59. The van der Waals surface area contributed by atoms with Gasteiger partial charge in [-0.15, -0.1) is 0 Å². The molecule has 0 bridgehead atoms. The largest absolute Gasteiger partial charge is 0.360 e. The highest BCUT2D eigenvalue weighted by Crippen LogP contribution is 2.29. The molecule has 1 amide bonds. The van der Waals surface area contributed by atoms with Crippen molar-refractivity contribution in [3.05, 3.63) is 42.1 Å². The fourth-order valence-electron chi connectivity index (χ4n) is 3.71. The molecule has 0 radical (unpaired) electrons. The lowest BCUT2D eigenvalue weighted by Gasteiger charge is -2.35. The van der Waals surface area contributed by atoms with E-state index in [2.05, 4.69) is 50.6 Å². The predicted octanol–water partition coefficient (Wildman–Crippen LogP) is 2.21. The highest BCUT2D eigenvalue weighted by Gasteiger charge is 2.28. The molecule has 1 aromatic heterocycles. The van der Waals surface area contributed by atoms with Gasteiger partial charge in [-0.25, -0.2) is 4.98 Å². The van der Waals surface area contributed by atoms with Crippen molar-refractivity contribution >= 4 is 27.4 Å². The second-order valence-corrected chi connectivity index (χ2v) is 8.28. The minimum absolute atomic E-state index is 0.0358. The van der Waals surface area contributed by atoms with Crippen LogP contribution >= 0.6 is 11.3 Å². The first-order chi connectivity index (χ1) is 13.7. The average Bonchev–Trinajstić information content (AvgIpc) is 3.39. The molecule has 0 aliphatic carbocycles. The molecule has 2 aromatic rings. The zero-order valence-corrected chi connectivity index (χ0v) is 16.6. The lowest BCUT2D eigenvalue weighted by Crippen LogP contribution is -2.45. The summed E-state index contributed by atoms with van der Waals surface area (Å²) in [6, 6.07) is 10.6. The molecule has 2 fully saturated rings. The molecule has 146 valence electrons. The van der Waals surface area contributed by atoms with Crippen molar-refractivity contribution in [2.24, 2.45) is 5.92 Å². The summed E-state index contributed by atoms with van der Waals surface area (Å²) in [5.74, 6) is -0.167. The minimum atomic E-state index is -0.131. The van der Waals surface area contributed by atoms with Crippen LogP contribution in [0.1, 0.15) is 12.0 Å². The summed E-state index contributed by atoms with van der Waals surface area (Å²) in [5, 5.41) is 13.6. The van der Waals surface area contributed by atoms with Gasteiger partial charge in [0.05, 0.1) is 12.1 Å². The number of aromatic nitrogens is 1. The Morgan fingerprint density at radius 1 is 1.21 bits per heavy atom. The van der Waals surface area contributed by atoms with Crippen molar-refractivity contribution in [1.29, 1.82) is 5.26 Å². The molecule has 1 aromatic carbocycles. The van der Waals surface area contributed by atoms with Crippen molar-refractivity contribution in [1.82, 2.24) is 14.8 Å². The van der Waals surface area contributed by atoms with Crippen LogP contribution in [0.25, 0.3) is 0 Å². The normalized spacial score (nSPS) is 20.2. The van der Waals surface area contributed by atoms with Crippen LogP contribution in [0.15, 0.2) is 36.5 Å². The SMILES string of the molecule is N#CN1CC[C@H](C(=O)Nc2ncc(N3CCN(Cc4ccccc4)CC3)s2)C1. The maximum Gasteiger partial charge on any atom is 0.231 e. The number of carbonyl (C=O) groups is 1. The maximum absolute atomic E-state index is 12.4. The third-order valence-electron chi connectivity index (χ3n) is 5.36. The monoisotopic (exact) mass is 396 g/mol. The minimum Gasteiger partial charge on any atom is -0.360 e. The van der Waals surface area contributed by atoms with Gasteiger partial charge in [-0.3, -0.25) is 9.69 Å². The van der Waals surface area contributed by atoms with Gasteiger partial charge in [0.2, 0.25) is 5.91 Å². The van der Waals surface area contributed by atoms with Gasteiger partial charge in [0.1, 0.15) is 5.00 Å². The topological polar surface area (TPSA) is 75.5 Å². The smallest absolute Gasteiger partial charge is 0.231 e. The summed E-state index contributed by atoms with van der Waals surface area (Å²) >= 11 is 1.52. The van der Waals surface area contributed by atoms with Gasteiger partial charge in [0.15, 0.2) is 11.3 Å². The van der Waals surface area contributed by atoms with E-state index in [1.54, 1.807) is 4.90 Å². The van der Waals surface area contributed by atoms with E-state index in [4.69, 9.17) is 5.26 Å². The first-order valence-electron chi connectivity index (χ1n) is 9.64. The number of benzene rings is 1. The number of piperazine rings is 1. The quantitative estimate of drug-likeness (QED) is 0.781. The Morgan fingerprint density at radius 2 is 2.00 bits per heavy atom. The Bertz CT molecular complexity index is 840. The molecule has 3 heterocycles. The number of hydrogen-bond donors (Lipinski definition) is 1. The lowest BCUT2D eigenvalue weighted by atomic mass is 10.1. The molecule has 0 unspecified atom stereocenters. The number of thiazole rings is 1. The van der Waals surface area contributed by atoms with Crippen molar-refractivity contribution in [3.63, 3.8) is 0 Å². The Hall–Kier alpha value is -2.63. The van der Waals surface area contributed by atoms with E-state index >= 15 is 0 Å². The van der Waals surface area contributed by atoms with Gasteiger partial charge in [-0.1, -0.05) is 41.7 Å². The van der Waals surface area contributed by atoms with E-state index in [-0.39, 0.29) is 11.8 Å². The Balaban J connectivity index is 1.27. The predicted molar refractivity (Wildman–Crippen MR) is 110 cm³/mol. The molecule has 28 heavy (non-hydrogen) atoms. The molecule has 0 spiro atoms. The van der Waals surface area contributed by atoms with Crippen molar-refractivity contribution in [2.75, 3.05) is 49.5 Å². The van der Waals surface area contributed by atoms with Crippen LogP contribution in [-0.2, 0) is 11.3 Å². The molecule has 4 rings (SSSR count). The standard InChI is InChI=1S/C20H24N6OS/c21-15-25-7-6-17(14-25)19(27)23-20-22-12-18(28-20)26-10-8-24(9-11-26)13-16-4-2-1-3-5-16/h1-5,12,17H,6-11,13-14H2,(H,22,23,27)/t17-/m0/s1. The van der Waals surface area contributed by atoms with Crippen LogP contribution in [0.3, 0.4) is 0 Å². The van der Waals surface area contributed by atoms with Crippen LogP contribution in [0, 0.1) is 17.4 Å². The Labute approximate surface area is 169 Å². The van der Waals surface area contributed by atoms with Crippen LogP contribution in [0.4, 0.5) is 10.1 Å². The van der Waals surface area contributed by atoms with Crippen LogP contribution < -0.4 is 10.2 Å². The summed E-state index contributed by atoms with van der Waals surface area (Å²) in [6.07, 6.45) is 4.68. The number of nitrogens with one attached hydrogen (secondary N) is 1. The van der Waals surface area contributed by atoms with Gasteiger partial charge < -0.3 is 15.1 Å². The first-order valence-corrected chi connectivity index (χ1v) is 10.5. The van der Waals surface area contributed by atoms with E-state index in [0.29, 0.717) is 18.2 Å². The summed E-state index contributed by atoms with van der Waals surface area (Å²) in [7, 11) is 0. The van der Waals surface area contributed by atoms with Crippen molar-refractivity contribution < 1.29 is 4.79 Å². The third-order valence-corrected chi connectivity index (χ3v) is 6.33. The van der Waals surface area contributed by atoms with Crippen LogP contribution in [-0.4, -0.2) is 60.0 Å². The molecule has 2 saturated heterocycles.